The molecule has 25 heavy (non-hydrogen) atoms. The predicted molar refractivity (Wildman–Crippen MR) is 97.3 cm³/mol. The Hall–Kier alpha value is -3.12. The molecule has 0 bridgehead atoms. The molecule has 2 aromatic carbocycles. The molecule has 0 fully saturated rings. The lowest BCUT2D eigenvalue weighted by molar-refractivity contribution is -0.114. The quantitative estimate of drug-likeness (QED) is 0.749. The molecule has 0 aliphatic carbocycles. The molecule has 0 atom stereocenters. The molecule has 0 aliphatic rings. The van der Waals surface area contributed by atoms with Crippen molar-refractivity contribution >= 4 is 34.8 Å². The predicted octanol–water partition coefficient (Wildman–Crippen LogP) is 3.74. The first-order chi connectivity index (χ1) is 12.0. The number of halogens is 1. The zero-order valence-corrected chi connectivity index (χ0v) is 14.1. The van der Waals surface area contributed by atoms with Crippen LogP contribution in [0.2, 0.25) is 5.02 Å². The average molecular weight is 355 g/mol. The van der Waals surface area contributed by atoms with Crippen molar-refractivity contribution in [3.8, 4) is 5.69 Å². The molecule has 2 amide bonds. The van der Waals surface area contributed by atoms with Crippen LogP contribution < -0.4 is 10.6 Å². The van der Waals surface area contributed by atoms with Crippen molar-refractivity contribution in [2.24, 2.45) is 0 Å². The molecule has 7 heteroatoms. The van der Waals surface area contributed by atoms with Gasteiger partial charge in [-0.15, -0.1) is 0 Å². The molecule has 2 N–H and O–H groups in total. The third kappa shape index (κ3) is 3.87. The largest absolute Gasteiger partial charge is 0.326 e. The molecule has 0 unspecified atom stereocenters. The number of nitrogens with zero attached hydrogens (tertiary/aromatic N) is 2. The summed E-state index contributed by atoms with van der Waals surface area (Å²) in [4.78, 5) is 23.8. The molecule has 0 radical (unpaired) electrons. The zero-order valence-electron chi connectivity index (χ0n) is 13.4. The van der Waals surface area contributed by atoms with E-state index >= 15 is 0 Å². The van der Waals surface area contributed by atoms with E-state index in [4.69, 9.17) is 11.6 Å². The molecule has 1 heterocycles. The van der Waals surface area contributed by atoms with Crippen LogP contribution >= 0.6 is 11.6 Å². The van der Waals surface area contributed by atoms with E-state index in [1.54, 1.807) is 65.6 Å². The number of aromatic nitrogens is 2. The summed E-state index contributed by atoms with van der Waals surface area (Å²) in [6.45, 7) is 1.41. The fourth-order valence-corrected chi connectivity index (χ4v) is 2.65. The van der Waals surface area contributed by atoms with Gasteiger partial charge in [0.15, 0.2) is 0 Å². The summed E-state index contributed by atoms with van der Waals surface area (Å²) < 4.78 is 1.59. The smallest absolute Gasteiger partial charge is 0.255 e. The van der Waals surface area contributed by atoms with E-state index in [1.807, 2.05) is 0 Å². The second kappa shape index (κ2) is 7.19. The van der Waals surface area contributed by atoms with Crippen LogP contribution in [-0.2, 0) is 4.79 Å². The number of rotatable bonds is 4. The molecule has 6 nitrogen and oxygen atoms in total. The molecular weight excluding hydrogens is 340 g/mol. The first kappa shape index (κ1) is 16.7. The molecular formula is C18H15ClN4O2. The average Bonchev–Trinajstić information content (AvgIpc) is 3.08. The van der Waals surface area contributed by atoms with Gasteiger partial charge in [0.25, 0.3) is 5.91 Å². The number of anilines is 2. The van der Waals surface area contributed by atoms with Gasteiger partial charge in [0, 0.05) is 30.6 Å². The number of hydrogen-bond acceptors (Lipinski definition) is 3. The maximum atomic E-state index is 12.6. The summed E-state index contributed by atoms with van der Waals surface area (Å²) in [6, 6.07) is 13.7. The van der Waals surface area contributed by atoms with Crippen LogP contribution in [0.4, 0.5) is 11.4 Å². The van der Waals surface area contributed by atoms with Gasteiger partial charge in [-0.1, -0.05) is 23.7 Å². The van der Waals surface area contributed by atoms with Gasteiger partial charge in [0.05, 0.1) is 10.7 Å². The van der Waals surface area contributed by atoms with Gasteiger partial charge in [-0.05, 0) is 36.4 Å². The first-order valence-electron chi connectivity index (χ1n) is 7.52. The Balaban J connectivity index is 1.90. The minimum atomic E-state index is -0.317. The molecule has 3 rings (SSSR count). The van der Waals surface area contributed by atoms with Gasteiger partial charge in [-0.2, -0.15) is 5.10 Å². The van der Waals surface area contributed by atoms with Crippen molar-refractivity contribution in [3.05, 3.63) is 71.5 Å². The Morgan fingerprint density at radius 2 is 1.88 bits per heavy atom. The van der Waals surface area contributed by atoms with E-state index in [-0.39, 0.29) is 11.8 Å². The lowest BCUT2D eigenvalue weighted by Crippen LogP contribution is -2.15. The summed E-state index contributed by atoms with van der Waals surface area (Å²) in [5.41, 5.74) is 2.09. The first-order valence-corrected chi connectivity index (χ1v) is 7.90. The monoisotopic (exact) mass is 354 g/mol. The summed E-state index contributed by atoms with van der Waals surface area (Å²) >= 11 is 6.27. The molecule has 0 saturated carbocycles. The fourth-order valence-electron chi connectivity index (χ4n) is 2.39. The van der Waals surface area contributed by atoms with Gasteiger partial charge in [-0.3, -0.25) is 9.59 Å². The Bertz CT molecular complexity index is 923. The molecule has 126 valence electrons. The minimum Gasteiger partial charge on any atom is -0.326 e. The zero-order chi connectivity index (χ0) is 17.8. The second-order valence-corrected chi connectivity index (χ2v) is 5.71. The SMILES string of the molecule is CC(=O)Nc1cccc(C(=O)Nc2cccc(Cl)c2-n2cccn2)c1. The van der Waals surface area contributed by atoms with Crippen molar-refractivity contribution in [2.75, 3.05) is 10.6 Å². The Morgan fingerprint density at radius 3 is 2.60 bits per heavy atom. The summed E-state index contributed by atoms with van der Waals surface area (Å²) in [6.07, 6.45) is 3.38. The standard InChI is InChI=1S/C18H15ClN4O2/c1-12(24)21-14-6-2-5-13(11-14)18(25)22-16-8-3-7-15(19)17(16)23-10-4-9-20-23/h2-11H,1H3,(H,21,24)(H,22,25). The Morgan fingerprint density at radius 1 is 1.08 bits per heavy atom. The topological polar surface area (TPSA) is 76.0 Å². The molecule has 1 aromatic heterocycles. The maximum absolute atomic E-state index is 12.6. The van der Waals surface area contributed by atoms with Crippen LogP contribution in [0.5, 0.6) is 0 Å². The lowest BCUT2D eigenvalue weighted by atomic mass is 10.1. The number of carbonyl (C=O) groups is 2. The van der Waals surface area contributed by atoms with E-state index in [9.17, 15) is 9.59 Å². The number of hydrogen-bond donors (Lipinski definition) is 2. The number of para-hydroxylation sites is 1. The van der Waals surface area contributed by atoms with Crippen LogP contribution in [0.1, 0.15) is 17.3 Å². The van der Waals surface area contributed by atoms with Gasteiger partial charge < -0.3 is 10.6 Å². The van der Waals surface area contributed by atoms with Crippen LogP contribution in [0, 0.1) is 0 Å². The highest BCUT2D eigenvalue weighted by Gasteiger charge is 2.14. The minimum absolute atomic E-state index is 0.201. The molecule has 0 aliphatic heterocycles. The van der Waals surface area contributed by atoms with Crippen LogP contribution in [0.15, 0.2) is 60.9 Å². The van der Waals surface area contributed by atoms with Crippen molar-refractivity contribution in [3.63, 3.8) is 0 Å². The van der Waals surface area contributed by atoms with Crippen molar-refractivity contribution in [1.82, 2.24) is 9.78 Å². The lowest BCUT2D eigenvalue weighted by Gasteiger charge is -2.13. The third-order valence-corrected chi connectivity index (χ3v) is 3.72. The van der Waals surface area contributed by atoms with E-state index in [1.165, 1.54) is 6.92 Å². The number of benzene rings is 2. The van der Waals surface area contributed by atoms with E-state index in [2.05, 4.69) is 15.7 Å². The molecule has 0 saturated heterocycles. The van der Waals surface area contributed by atoms with Crippen molar-refractivity contribution in [1.29, 1.82) is 0 Å². The summed E-state index contributed by atoms with van der Waals surface area (Å²) in [7, 11) is 0. The number of carbonyl (C=O) groups excluding carboxylic acids is 2. The van der Waals surface area contributed by atoms with E-state index in [0.29, 0.717) is 27.6 Å². The van der Waals surface area contributed by atoms with E-state index in [0.717, 1.165) is 0 Å². The normalized spacial score (nSPS) is 10.3. The molecule has 3 aromatic rings. The van der Waals surface area contributed by atoms with Gasteiger partial charge in [0.1, 0.15) is 5.69 Å². The summed E-state index contributed by atoms with van der Waals surface area (Å²) in [5, 5.41) is 10.1. The third-order valence-electron chi connectivity index (χ3n) is 3.41. The van der Waals surface area contributed by atoms with Gasteiger partial charge in [-0.25, -0.2) is 4.68 Å². The highest BCUT2D eigenvalue weighted by atomic mass is 35.5. The van der Waals surface area contributed by atoms with Crippen LogP contribution in [0.3, 0.4) is 0 Å². The maximum Gasteiger partial charge on any atom is 0.255 e. The number of nitrogens with one attached hydrogen (secondary N) is 2. The highest BCUT2D eigenvalue weighted by molar-refractivity contribution is 6.33. The molecule has 0 spiro atoms. The van der Waals surface area contributed by atoms with Crippen molar-refractivity contribution < 1.29 is 9.59 Å². The van der Waals surface area contributed by atoms with E-state index < -0.39 is 0 Å². The summed E-state index contributed by atoms with van der Waals surface area (Å²) in [5.74, 6) is -0.517. The fraction of sp³-hybridized carbons (Fsp3) is 0.0556. The second-order valence-electron chi connectivity index (χ2n) is 5.30. The number of amides is 2. The van der Waals surface area contributed by atoms with Crippen LogP contribution in [-0.4, -0.2) is 21.6 Å². The van der Waals surface area contributed by atoms with Crippen LogP contribution in [0.25, 0.3) is 5.69 Å². The van der Waals surface area contributed by atoms with Gasteiger partial charge >= 0.3 is 0 Å². The highest BCUT2D eigenvalue weighted by Crippen LogP contribution is 2.28. The Kier molecular flexibility index (Phi) is 4.81. The van der Waals surface area contributed by atoms with Crippen molar-refractivity contribution in [2.45, 2.75) is 6.92 Å². The van der Waals surface area contributed by atoms with Gasteiger partial charge in [0.2, 0.25) is 5.91 Å². The Labute approximate surface area is 149 Å².